The molecule has 0 bridgehead atoms. The normalized spacial score (nSPS) is 17.4. The molecule has 22 heavy (non-hydrogen) atoms. The van der Waals surface area contributed by atoms with Gasteiger partial charge in [0.1, 0.15) is 0 Å². The van der Waals surface area contributed by atoms with E-state index in [1.807, 2.05) is 0 Å². The molecule has 1 aliphatic rings. The Morgan fingerprint density at radius 2 is 2.05 bits per heavy atom. The van der Waals surface area contributed by atoms with Crippen LogP contribution in [0.3, 0.4) is 0 Å². The van der Waals surface area contributed by atoms with E-state index >= 15 is 0 Å². The number of piperidine rings is 1. The molecule has 3 rings (SSSR count). The summed E-state index contributed by atoms with van der Waals surface area (Å²) in [6.07, 6.45) is 3.37. The van der Waals surface area contributed by atoms with Crippen LogP contribution in [0, 0.1) is 12.8 Å². The van der Waals surface area contributed by atoms with Crippen LogP contribution in [0.25, 0.3) is 10.9 Å². The number of aliphatic imine (C=N–C) groups is 1. The molecule has 2 aromatic rings. The number of hydrogen-bond donors (Lipinski definition) is 2. The highest BCUT2D eigenvalue weighted by molar-refractivity contribution is 5.84. The van der Waals surface area contributed by atoms with Crippen LogP contribution in [-0.4, -0.2) is 35.5 Å². The van der Waals surface area contributed by atoms with Crippen LogP contribution in [0.5, 0.6) is 0 Å². The number of nitrogens with one attached hydrogen (secondary N) is 1. The number of para-hydroxylation sites is 1. The van der Waals surface area contributed by atoms with Crippen molar-refractivity contribution in [1.82, 2.24) is 9.88 Å². The van der Waals surface area contributed by atoms with Crippen molar-refractivity contribution in [3.63, 3.8) is 0 Å². The summed E-state index contributed by atoms with van der Waals surface area (Å²) >= 11 is 0. The van der Waals surface area contributed by atoms with Crippen LogP contribution in [0.2, 0.25) is 0 Å². The maximum Gasteiger partial charge on any atom is 0.191 e. The molecule has 4 nitrogen and oxygen atoms in total. The van der Waals surface area contributed by atoms with Gasteiger partial charge in [-0.25, -0.2) is 0 Å². The van der Waals surface area contributed by atoms with Gasteiger partial charge in [0.25, 0.3) is 0 Å². The van der Waals surface area contributed by atoms with E-state index in [2.05, 4.69) is 53.0 Å². The Morgan fingerprint density at radius 3 is 2.82 bits per heavy atom. The Hall–Kier alpha value is -1.97. The van der Waals surface area contributed by atoms with Crippen LogP contribution in [0.15, 0.2) is 29.3 Å². The van der Waals surface area contributed by atoms with E-state index in [-0.39, 0.29) is 0 Å². The van der Waals surface area contributed by atoms with Gasteiger partial charge >= 0.3 is 0 Å². The SMILES string of the molecule is Cc1[nH]c2ccccc2c1CCN=C(N)N1CCC(C)CC1. The average Bonchev–Trinajstić information content (AvgIpc) is 2.84. The minimum absolute atomic E-state index is 0.712. The van der Waals surface area contributed by atoms with Crippen LogP contribution in [0.1, 0.15) is 31.0 Å². The predicted octanol–water partition coefficient (Wildman–Crippen LogP) is 3.07. The quantitative estimate of drug-likeness (QED) is 0.676. The Labute approximate surface area is 132 Å². The number of aryl methyl sites for hydroxylation is 1. The minimum atomic E-state index is 0.712. The molecule has 1 aromatic carbocycles. The molecule has 0 aliphatic carbocycles. The second kappa shape index (κ2) is 6.42. The lowest BCUT2D eigenvalue weighted by Crippen LogP contribution is -2.42. The Morgan fingerprint density at radius 1 is 1.32 bits per heavy atom. The number of aromatic nitrogens is 1. The van der Waals surface area contributed by atoms with E-state index in [0.717, 1.165) is 32.0 Å². The van der Waals surface area contributed by atoms with Gasteiger partial charge in [-0.05, 0) is 43.7 Å². The number of hydrogen-bond acceptors (Lipinski definition) is 1. The van der Waals surface area contributed by atoms with Crippen molar-refractivity contribution in [3.05, 3.63) is 35.5 Å². The maximum atomic E-state index is 6.15. The molecule has 0 unspecified atom stereocenters. The zero-order valence-electron chi connectivity index (χ0n) is 13.6. The van der Waals surface area contributed by atoms with E-state index < -0.39 is 0 Å². The maximum absolute atomic E-state index is 6.15. The highest BCUT2D eigenvalue weighted by Crippen LogP contribution is 2.22. The highest BCUT2D eigenvalue weighted by atomic mass is 15.3. The first-order valence-electron chi connectivity index (χ1n) is 8.26. The third-order valence-electron chi connectivity index (χ3n) is 4.77. The molecule has 1 aliphatic heterocycles. The number of H-pyrrole nitrogens is 1. The van der Waals surface area contributed by atoms with Crippen LogP contribution < -0.4 is 5.73 Å². The van der Waals surface area contributed by atoms with Crippen molar-refractivity contribution >= 4 is 16.9 Å². The number of aromatic amines is 1. The van der Waals surface area contributed by atoms with E-state index in [9.17, 15) is 0 Å². The molecular weight excluding hydrogens is 272 g/mol. The predicted molar refractivity (Wildman–Crippen MR) is 93.2 cm³/mol. The number of likely N-dealkylation sites (tertiary alicyclic amines) is 1. The Balaban J connectivity index is 1.64. The third-order valence-corrected chi connectivity index (χ3v) is 4.77. The summed E-state index contributed by atoms with van der Waals surface area (Å²) in [7, 11) is 0. The minimum Gasteiger partial charge on any atom is -0.370 e. The van der Waals surface area contributed by atoms with Gasteiger partial charge in [0, 0.05) is 36.2 Å². The first-order chi connectivity index (χ1) is 10.6. The average molecular weight is 298 g/mol. The van der Waals surface area contributed by atoms with E-state index in [1.54, 1.807) is 0 Å². The molecule has 3 N–H and O–H groups in total. The Bertz CT molecular complexity index is 663. The summed E-state index contributed by atoms with van der Waals surface area (Å²) in [6.45, 7) is 7.28. The van der Waals surface area contributed by atoms with E-state index in [1.165, 1.54) is 35.0 Å². The number of guanidine groups is 1. The third kappa shape index (κ3) is 3.11. The molecule has 0 radical (unpaired) electrons. The molecule has 1 aromatic heterocycles. The summed E-state index contributed by atoms with van der Waals surface area (Å²) in [4.78, 5) is 10.3. The summed E-state index contributed by atoms with van der Waals surface area (Å²) in [6, 6.07) is 8.45. The lowest BCUT2D eigenvalue weighted by molar-refractivity contribution is 0.277. The van der Waals surface area contributed by atoms with Gasteiger partial charge in [-0.2, -0.15) is 0 Å². The summed E-state index contributed by atoms with van der Waals surface area (Å²) in [5, 5.41) is 1.31. The first kappa shape index (κ1) is 14.9. The summed E-state index contributed by atoms with van der Waals surface area (Å²) in [5.41, 5.74) is 9.96. The number of nitrogens with two attached hydrogens (primary N) is 1. The standard InChI is InChI=1S/C18H26N4/c1-13-8-11-22(12-9-13)18(19)20-10-7-15-14(2)21-17-6-4-3-5-16(15)17/h3-6,13,21H,7-12H2,1-2H3,(H2,19,20). The molecule has 2 heterocycles. The van der Waals surface area contributed by atoms with Crippen molar-refractivity contribution in [2.75, 3.05) is 19.6 Å². The van der Waals surface area contributed by atoms with Crippen molar-refractivity contribution in [2.45, 2.75) is 33.1 Å². The number of benzene rings is 1. The zero-order chi connectivity index (χ0) is 15.5. The van der Waals surface area contributed by atoms with Gasteiger partial charge < -0.3 is 15.6 Å². The molecule has 0 atom stereocenters. The molecule has 0 amide bonds. The lowest BCUT2D eigenvalue weighted by atomic mass is 10.00. The van der Waals surface area contributed by atoms with Crippen molar-refractivity contribution < 1.29 is 0 Å². The number of nitrogens with zero attached hydrogens (tertiary/aromatic N) is 2. The molecule has 1 saturated heterocycles. The molecule has 4 heteroatoms. The topological polar surface area (TPSA) is 57.4 Å². The van der Waals surface area contributed by atoms with Gasteiger partial charge in [0.05, 0.1) is 0 Å². The fourth-order valence-corrected chi connectivity index (χ4v) is 3.28. The molecule has 1 fully saturated rings. The lowest BCUT2D eigenvalue weighted by Gasteiger charge is -2.31. The largest absolute Gasteiger partial charge is 0.370 e. The van der Waals surface area contributed by atoms with Gasteiger partial charge in [-0.1, -0.05) is 25.1 Å². The number of rotatable bonds is 3. The molecule has 0 saturated carbocycles. The monoisotopic (exact) mass is 298 g/mol. The van der Waals surface area contributed by atoms with Crippen LogP contribution in [0.4, 0.5) is 0 Å². The molecule has 0 spiro atoms. The van der Waals surface area contributed by atoms with Gasteiger partial charge in [0.15, 0.2) is 5.96 Å². The summed E-state index contributed by atoms with van der Waals surface area (Å²) < 4.78 is 0. The van der Waals surface area contributed by atoms with Gasteiger partial charge in [-0.15, -0.1) is 0 Å². The fraction of sp³-hybridized carbons (Fsp3) is 0.500. The molecule has 118 valence electrons. The van der Waals surface area contributed by atoms with E-state index in [0.29, 0.717) is 5.96 Å². The second-order valence-corrected chi connectivity index (χ2v) is 6.43. The Kier molecular flexibility index (Phi) is 4.36. The number of fused-ring (bicyclic) bond motifs is 1. The first-order valence-corrected chi connectivity index (χ1v) is 8.26. The van der Waals surface area contributed by atoms with Crippen molar-refractivity contribution in [3.8, 4) is 0 Å². The van der Waals surface area contributed by atoms with Crippen LogP contribution in [-0.2, 0) is 6.42 Å². The smallest absolute Gasteiger partial charge is 0.191 e. The zero-order valence-corrected chi connectivity index (χ0v) is 13.6. The van der Waals surface area contributed by atoms with Crippen molar-refractivity contribution in [1.29, 1.82) is 0 Å². The summed E-state index contributed by atoms with van der Waals surface area (Å²) in [5.74, 6) is 1.53. The second-order valence-electron chi connectivity index (χ2n) is 6.43. The van der Waals surface area contributed by atoms with Crippen LogP contribution >= 0.6 is 0 Å². The van der Waals surface area contributed by atoms with Gasteiger partial charge in [0.2, 0.25) is 0 Å². The van der Waals surface area contributed by atoms with Gasteiger partial charge in [-0.3, -0.25) is 4.99 Å². The van der Waals surface area contributed by atoms with E-state index in [4.69, 9.17) is 5.73 Å². The fourth-order valence-electron chi connectivity index (χ4n) is 3.28. The van der Waals surface area contributed by atoms with Crippen molar-refractivity contribution in [2.24, 2.45) is 16.6 Å². The molecular formula is C18H26N4. The highest BCUT2D eigenvalue weighted by Gasteiger charge is 2.16.